The number of aliphatic carboxylic acids is 1. The van der Waals surface area contributed by atoms with Crippen molar-refractivity contribution < 1.29 is 19.8 Å². The molecular formula is C14H19NO4. The van der Waals surface area contributed by atoms with E-state index in [-0.39, 0.29) is 12.5 Å². The maximum absolute atomic E-state index is 11.9. The molecule has 0 spiro atoms. The highest BCUT2D eigenvalue weighted by Crippen LogP contribution is 2.08. The molecule has 1 atom stereocenters. The predicted octanol–water partition coefficient (Wildman–Crippen LogP) is 1.41. The average molecular weight is 265 g/mol. The van der Waals surface area contributed by atoms with Crippen LogP contribution in [0.3, 0.4) is 0 Å². The van der Waals surface area contributed by atoms with Crippen molar-refractivity contribution in [3.63, 3.8) is 0 Å². The Morgan fingerprint density at radius 2 is 1.79 bits per heavy atom. The number of aliphatic hydroxyl groups is 1. The number of aliphatic hydroxyl groups excluding tert-OH is 1. The van der Waals surface area contributed by atoms with E-state index < -0.39 is 17.9 Å². The van der Waals surface area contributed by atoms with Crippen molar-refractivity contribution in [1.29, 1.82) is 0 Å². The molecule has 0 unspecified atom stereocenters. The number of rotatable bonds is 6. The van der Waals surface area contributed by atoms with E-state index in [0.29, 0.717) is 17.5 Å². The number of carboxylic acids is 1. The summed E-state index contributed by atoms with van der Waals surface area (Å²) in [5.41, 5.74) is 1.08. The third-order valence-corrected chi connectivity index (χ3v) is 2.71. The topological polar surface area (TPSA) is 86.6 Å². The van der Waals surface area contributed by atoms with Crippen molar-refractivity contribution >= 4 is 11.9 Å². The van der Waals surface area contributed by atoms with Gasteiger partial charge in [-0.3, -0.25) is 4.79 Å². The molecule has 0 aliphatic heterocycles. The van der Waals surface area contributed by atoms with Crippen LogP contribution in [0.5, 0.6) is 0 Å². The Bertz CT molecular complexity index is 439. The van der Waals surface area contributed by atoms with Crippen molar-refractivity contribution in [2.24, 2.45) is 5.92 Å². The Kier molecular flexibility index (Phi) is 5.51. The summed E-state index contributed by atoms with van der Waals surface area (Å²) in [7, 11) is 0. The Morgan fingerprint density at radius 1 is 1.21 bits per heavy atom. The number of hydrogen-bond acceptors (Lipinski definition) is 3. The van der Waals surface area contributed by atoms with Crippen molar-refractivity contribution in [2.45, 2.75) is 32.9 Å². The monoisotopic (exact) mass is 265 g/mol. The lowest BCUT2D eigenvalue weighted by molar-refractivity contribution is -0.139. The molecule has 0 fully saturated rings. The minimum absolute atomic E-state index is 0.0903. The lowest BCUT2D eigenvalue weighted by atomic mass is 10.0. The first-order chi connectivity index (χ1) is 8.93. The highest BCUT2D eigenvalue weighted by Gasteiger charge is 2.21. The first kappa shape index (κ1) is 15.2. The van der Waals surface area contributed by atoms with Crippen molar-refractivity contribution in [1.82, 2.24) is 5.32 Å². The smallest absolute Gasteiger partial charge is 0.326 e. The minimum atomic E-state index is -1.03. The minimum Gasteiger partial charge on any atom is -0.480 e. The zero-order chi connectivity index (χ0) is 14.4. The van der Waals surface area contributed by atoms with Crippen molar-refractivity contribution in [3.8, 4) is 0 Å². The van der Waals surface area contributed by atoms with Crippen LogP contribution < -0.4 is 5.32 Å². The third-order valence-electron chi connectivity index (χ3n) is 2.71. The maximum Gasteiger partial charge on any atom is 0.326 e. The van der Waals surface area contributed by atoms with E-state index in [4.69, 9.17) is 10.2 Å². The lowest BCUT2D eigenvalue weighted by Crippen LogP contribution is -2.41. The van der Waals surface area contributed by atoms with Gasteiger partial charge in [0.05, 0.1) is 6.61 Å². The Hall–Kier alpha value is -1.88. The van der Waals surface area contributed by atoms with Crippen LogP contribution in [-0.2, 0) is 11.4 Å². The summed E-state index contributed by atoms with van der Waals surface area (Å²) in [5.74, 6) is -1.27. The van der Waals surface area contributed by atoms with Gasteiger partial charge in [-0.2, -0.15) is 0 Å². The van der Waals surface area contributed by atoms with Crippen LogP contribution in [0.1, 0.15) is 36.2 Å². The van der Waals surface area contributed by atoms with Gasteiger partial charge in [0.25, 0.3) is 5.91 Å². The summed E-state index contributed by atoms with van der Waals surface area (Å²) in [6.45, 7) is 3.71. The second-order valence-electron chi connectivity index (χ2n) is 4.85. The Balaban J connectivity index is 2.72. The van der Waals surface area contributed by atoms with E-state index >= 15 is 0 Å². The highest BCUT2D eigenvalue weighted by atomic mass is 16.4. The van der Waals surface area contributed by atoms with E-state index in [2.05, 4.69) is 5.32 Å². The Labute approximate surface area is 112 Å². The normalized spacial score (nSPS) is 12.2. The first-order valence-corrected chi connectivity index (χ1v) is 6.17. The largest absolute Gasteiger partial charge is 0.480 e. The molecule has 104 valence electrons. The van der Waals surface area contributed by atoms with Crippen molar-refractivity contribution in [3.05, 3.63) is 35.4 Å². The summed E-state index contributed by atoms with van der Waals surface area (Å²) in [5, 5.41) is 20.5. The molecule has 0 aliphatic carbocycles. The molecule has 1 aromatic rings. The van der Waals surface area contributed by atoms with Gasteiger partial charge < -0.3 is 15.5 Å². The van der Waals surface area contributed by atoms with E-state index in [9.17, 15) is 9.59 Å². The quantitative estimate of drug-likeness (QED) is 0.725. The zero-order valence-electron chi connectivity index (χ0n) is 11.1. The van der Waals surface area contributed by atoms with Gasteiger partial charge in [0.2, 0.25) is 0 Å². The van der Waals surface area contributed by atoms with Crippen LogP contribution in [0.4, 0.5) is 0 Å². The zero-order valence-corrected chi connectivity index (χ0v) is 11.1. The van der Waals surface area contributed by atoms with Gasteiger partial charge in [-0.25, -0.2) is 4.79 Å². The number of carbonyl (C=O) groups is 2. The molecule has 0 bridgehead atoms. The highest BCUT2D eigenvalue weighted by molar-refractivity contribution is 5.96. The molecule has 1 rings (SSSR count). The molecular weight excluding hydrogens is 246 g/mol. The van der Waals surface area contributed by atoms with Crippen LogP contribution in [0.15, 0.2) is 24.3 Å². The average Bonchev–Trinajstić information content (AvgIpc) is 2.37. The van der Waals surface area contributed by atoms with Gasteiger partial charge in [0.15, 0.2) is 0 Å². The predicted molar refractivity (Wildman–Crippen MR) is 70.7 cm³/mol. The van der Waals surface area contributed by atoms with E-state index in [1.807, 2.05) is 13.8 Å². The number of benzene rings is 1. The second-order valence-corrected chi connectivity index (χ2v) is 4.85. The van der Waals surface area contributed by atoms with Crippen LogP contribution >= 0.6 is 0 Å². The van der Waals surface area contributed by atoms with E-state index in [1.165, 1.54) is 0 Å². The Morgan fingerprint density at radius 3 is 2.21 bits per heavy atom. The fourth-order valence-corrected chi connectivity index (χ4v) is 1.70. The fourth-order valence-electron chi connectivity index (χ4n) is 1.70. The van der Waals surface area contributed by atoms with Crippen LogP contribution in [-0.4, -0.2) is 28.1 Å². The van der Waals surface area contributed by atoms with Gasteiger partial charge in [-0.1, -0.05) is 26.0 Å². The van der Waals surface area contributed by atoms with E-state index in [1.54, 1.807) is 24.3 Å². The summed E-state index contributed by atoms with van der Waals surface area (Å²) in [4.78, 5) is 23.0. The molecule has 5 nitrogen and oxygen atoms in total. The third kappa shape index (κ3) is 4.71. The lowest BCUT2D eigenvalue weighted by Gasteiger charge is -2.16. The molecule has 0 heterocycles. The van der Waals surface area contributed by atoms with Crippen LogP contribution in [0.25, 0.3) is 0 Å². The molecule has 0 aromatic heterocycles. The first-order valence-electron chi connectivity index (χ1n) is 6.17. The molecule has 3 N–H and O–H groups in total. The molecule has 5 heteroatoms. The fraction of sp³-hybridized carbons (Fsp3) is 0.429. The molecule has 1 aromatic carbocycles. The molecule has 19 heavy (non-hydrogen) atoms. The number of nitrogens with one attached hydrogen (secondary N) is 1. The molecule has 0 radical (unpaired) electrons. The number of carboxylic acid groups (broad SMARTS) is 1. The van der Waals surface area contributed by atoms with Crippen molar-refractivity contribution in [2.75, 3.05) is 0 Å². The molecule has 0 saturated carbocycles. The van der Waals surface area contributed by atoms with Gasteiger partial charge in [0.1, 0.15) is 6.04 Å². The SMILES string of the molecule is CC(C)C[C@H](NC(=O)c1ccc(CO)cc1)C(=O)O. The molecule has 1 amide bonds. The molecule has 0 aliphatic rings. The van der Waals surface area contributed by atoms with Crippen LogP contribution in [0.2, 0.25) is 0 Å². The number of amides is 1. The summed E-state index contributed by atoms with van der Waals surface area (Å²) >= 11 is 0. The van der Waals surface area contributed by atoms with E-state index in [0.717, 1.165) is 0 Å². The maximum atomic E-state index is 11.9. The van der Waals surface area contributed by atoms with Crippen LogP contribution in [0, 0.1) is 5.92 Å². The van der Waals surface area contributed by atoms with Gasteiger partial charge >= 0.3 is 5.97 Å². The molecule has 0 saturated heterocycles. The number of hydrogen-bond donors (Lipinski definition) is 3. The van der Waals surface area contributed by atoms with Gasteiger partial charge in [-0.05, 0) is 30.0 Å². The van der Waals surface area contributed by atoms with Gasteiger partial charge in [0, 0.05) is 5.56 Å². The summed E-state index contributed by atoms with van der Waals surface area (Å²) in [6, 6.07) is 5.51. The summed E-state index contributed by atoms with van der Waals surface area (Å²) < 4.78 is 0. The summed E-state index contributed by atoms with van der Waals surface area (Å²) in [6.07, 6.45) is 0.385. The van der Waals surface area contributed by atoms with Gasteiger partial charge in [-0.15, -0.1) is 0 Å². The number of carbonyl (C=O) groups excluding carboxylic acids is 1. The standard InChI is InChI=1S/C14H19NO4/c1-9(2)7-12(14(18)19)15-13(17)11-5-3-10(8-16)4-6-11/h3-6,9,12,16H,7-8H2,1-2H3,(H,15,17)(H,18,19)/t12-/m0/s1. The second kappa shape index (κ2) is 6.89.